The number of carbonyl (C=O) groups excluding carboxylic acids is 1. The first-order valence-corrected chi connectivity index (χ1v) is 12.0. The summed E-state index contributed by atoms with van der Waals surface area (Å²) in [5, 5.41) is 0. The van der Waals surface area contributed by atoms with E-state index in [9.17, 15) is 13.6 Å². The molecule has 162 valence electrons. The first-order chi connectivity index (χ1) is 13.9. The van der Waals surface area contributed by atoms with Crippen LogP contribution in [-0.4, -0.2) is 11.7 Å². The van der Waals surface area contributed by atoms with Crippen LogP contribution in [0.4, 0.5) is 8.78 Å². The predicted molar refractivity (Wildman–Crippen MR) is 116 cm³/mol. The number of alkyl halides is 2. The molecule has 0 unspecified atom stereocenters. The molecule has 0 bridgehead atoms. The van der Waals surface area contributed by atoms with Crippen molar-refractivity contribution in [2.24, 2.45) is 17.8 Å². The molecule has 0 saturated heterocycles. The van der Waals surface area contributed by atoms with Crippen LogP contribution >= 0.6 is 0 Å². The van der Waals surface area contributed by atoms with Crippen LogP contribution in [0, 0.1) is 17.8 Å². The molecule has 0 amide bonds. The highest BCUT2D eigenvalue weighted by Gasteiger charge is 2.38. The number of hydrogen-bond donors (Lipinski definition) is 0. The monoisotopic (exact) mass is 404 g/mol. The lowest BCUT2D eigenvalue weighted by Gasteiger charge is -2.38. The quantitative estimate of drug-likeness (QED) is 0.399. The number of rotatable bonds is 8. The van der Waals surface area contributed by atoms with Crippen molar-refractivity contribution in [3.63, 3.8) is 0 Å². The Hall–Kier alpha value is -1.25. The number of benzene rings is 1. The maximum absolute atomic E-state index is 13.9. The molecular weight excluding hydrogens is 366 g/mol. The molecular formula is C26H38F2O. The van der Waals surface area contributed by atoms with Crippen molar-refractivity contribution < 1.29 is 13.6 Å². The van der Waals surface area contributed by atoms with Gasteiger partial charge in [0.15, 0.2) is 0 Å². The largest absolute Gasteiger partial charge is 0.309 e. The molecule has 0 spiro atoms. The van der Waals surface area contributed by atoms with Gasteiger partial charge in [0.25, 0.3) is 0 Å². The molecule has 0 aromatic heterocycles. The standard InChI is InChI=1S/C26H38F2O/c1-3-5-19-6-8-20(9-7-19)21-10-12-22(13-11-21)23-14-16-24(17-15-23)25(29)26(27,28)18-4-2/h14-17,19-22H,3-13,18H2,1-2H3. The molecule has 2 saturated carbocycles. The van der Waals surface area contributed by atoms with Gasteiger partial charge in [0.1, 0.15) is 0 Å². The third-order valence-corrected chi connectivity index (χ3v) is 7.57. The summed E-state index contributed by atoms with van der Waals surface area (Å²) < 4.78 is 27.8. The Morgan fingerprint density at radius 2 is 1.41 bits per heavy atom. The van der Waals surface area contributed by atoms with E-state index in [4.69, 9.17) is 0 Å². The Bertz CT molecular complexity index is 635. The van der Waals surface area contributed by atoms with Crippen molar-refractivity contribution in [2.75, 3.05) is 0 Å². The van der Waals surface area contributed by atoms with Gasteiger partial charge in [-0.25, -0.2) is 0 Å². The van der Waals surface area contributed by atoms with Gasteiger partial charge in [-0.2, -0.15) is 8.78 Å². The third-order valence-electron chi connectivity index (χ3n) is 7.57. The summed E-state index contributed by atoms with van der Waals surface area (Å²) in [6, 6.07) is 7.05. The zero-order chi connectivity index (χ0) is 20.9. The average molecular weight is 405 g/mol. The first kappa shape index (κ1) is 22.4. The Kier molecular flexibility index (Phi) is 7.87. The van der Waals surface area contributed by atoms with Gasteiger partial charge in [-0.15, -0.1) is 0 Å². The van der Waals surface area contributed by atoms with Crippen molar-refractivity contribution >= 4 is 5.78 Å². The van der Waals surface area contributed by atoms with Gasteiger partial charge in [-0.3, -0.25) is 4.79 Å². The molecule has 29 heavy (non-hydrogen) atoms. The first-order valence-electron chi connectivity index (χ1n) is 12.0. The smallest absolute Gasteiger partial charge is 0.287 e. The molecule has 3 heteroatoms. The summed E-state index contributed by atoms with van der Waals surface area (Å²) in [5.41, 5.74) is 1.36. The second-order valence-corrected chi connectivity index (χ2v) is 9.59. The van der Waals surface area contributed by atoms with E-state index in [1.807, 2.05) is 12.1 Å². The van der Waals surface area contributed by atoms with E-state index in [1.165, 1.54) is 69.8 Å². The summed E-state index contributed by atoms with van der Waals surface area (Å²) in [6.07, 6.45) is 13.3. The highest BCUT2D eigenvalue weighted by atomic mass is 19.3. The van der Waals surface area contributed by atoms with Crippen molar-refractivity contribution in [3.05, 3.63) is 35.4 Å². The van der Waals surface area contributed by atoms with E-state index < -0.39 is 11.7 Å². The van der Waals surface area contributed by atoms with Gasteiger partial charge >= 0.3 is 5.92 Å². The number of halogens is 2. The molecule has 2 aliphatic rings. The maximum atomic E-state index is 13.9. The fourth-order valence-corrected chi connectivity index (χ4v) is 5.83. The second kappa shape index (κ2) is 10.2. The van der Waals surface area contributed by atoms with E-state index in [0.29, 0.717) is 12.3 Å². The van der Waals surface area contributed by atoms with Gasteiger partial charge in [0.2, 0.25) is 5.78 Å². The lowest BCUT2D eigenvalue weighted by Crippen LogP contribution is -2.28. The summed E-state index contributed by atoms with van der Waals surface area (Å²) >= 11 is 0. The van der Waals surface area contributed by atoms with Crippen molar-refractivity contribution in [2.45, 2.75) is 103 Å². The van der Waals surface area contributed by atoms with E-state index >= 15 is 0 Å². The van der Waals surface area contributed by atoms with Crippen molar-refractivity contribution in [1.82, 2.24) is 0 Å². The van der Waals surface area contributed by atoms with Crippen molar-refractivity contribution in [1.29, 1.82) is 0 Å². The zero-order valence-corrected chi connectivity index (χ0v) is 18.3. The normalized spacial score (nSPS) is 28.3. The molecule has 2 fully saturated rings. The maximum Gasteiger partial charge on any atom is 0.309 e. The minimum absolute atomic E-state index is 0.143. The molecule has 1 aromatic carbocycles. The van der Waals surface area contributed by atoms with E-state index in [0.717, 1.165) is 17.8 Å². The van der Waals surface area contributed by atoms with Gasteiger partial charge in [-0.05, 0) is 74.2 Å². The van der Waals surface area contributed by atoms with Crippen LogP contribution in [0.1, 0.15) is 113 Å². The summed E-state index contributed by atoms with van der Waals surface area (Å²) in [6.45, 7) is 3.98. The molecule has 0 radical (unpaired) electrons. The van der Waals surface area contributed by atoms with Gasteiger partial charge in [0.05, 0.1) is 0 Å². The number of carbonyl (C=O) groups is 1. The third kappa shape index (κ3) is 5.67. The van der Waals surface area contributed by atoms with Crippen LogP contribution in [0.5, 0.6) is 0 Å². The van der Waals surface area contributed by atoms with Crippen LogP contribution < -0.4 is 0 Å². The van der Waals surface area contributed by atoms with Gasteiger partial charge in [-0.1, -0.05) is 63.8 Å². The molecule has 0 aliphatic heterocycles. The summed E-state index contributed by atoms with van der Waals surface area (Å²) in [4.78, 5) is 12.1. The minimum Gasteiger partial charge on any atom is -0.287 e. The van der Waals surface area contributed by atoms with Gasteiger partial charge < -0.3 is 0 Å². The second-order valence-electron chi connectivity index (χ2n) is 9.59. The minimum atomic E-state index is -3.25. The highest BCUT2D eigenvalue weighted by molar-refractivity contribution is 6.01. The fourth-order valence-electron chi connectivity index (χ4n) is 5.83. The molecule has 1 aromatic rings. The van der Waals surface area contributed by atoms with E-state index in [-0.39, 0.29) is 12.0 Å². The van der Waals surface area contributed by atoms with Crippen LogP contribution in [0.15, 0.2) is 24.3 Å². The van der Waals surface area contributed by atoms with Crippen molar-refractivity contribution in [3.8, 4) is 0 Å². The Morgan fingerprint density at radius 3 is 1.93 bits per heavy atom. The zero-order valence-electron chi connectivity index (χ0n) is 18.3. The van der Waals surface area contributed by atoms with E-state index in [1.54, 1.807) is 19.1 Å². The molecule has 0 atom stereocenters. The Labute approximate surface area is 175 Å². The van der Waals surface area contributed by atoms with Crippen LogP contribution in [0.2, 0.25) is 0 Å². The highest BCUT2D eigenvalue weighted by Crippen LogP contribution is 2.44. The molecule has 2 aliphatic carbocycles. The lowest BCUT2D eigenvalue weighted by atomic mass is 9.68. The number of Topliss-reactive ketones (excluding diaryl/α,β-unsaturated/α-hetero) is 1. The molecule has 0 heterocycles. The lowest BCUT2D eigenvalue weighted by molar-refractivity contribution is 0.00453. The Balaban J connectivity index is 1.50. The predicted octanol–water partition coefficient (Wildman–Crippen LogP) is 8.19. The average Bonchev–Trinajstić information content (AvgIpc) is 2.74. The van der Waals surface area contributed by atoms with Crippen LogP contribution in [-0.2, 0) is 0 Å². The SMILES string of the molecule is CCCC1CCC(C2CCC(c3ccc(C(=O)C(F)(F)CCC)cc3)CC2)CC1. The summed E-state index contributed by atoms with van der Waals surface area (Å²) in [7, 11) is 0. The van der Waals surface area contributed by atoms with Crippen LogP contribution in [0.3, 0.4) is 0 Å². The fraction of sp³-hybridized carbons (Fsp3) is 0.731. The van der Waals surface area contributed by atoms with Crippen LogP contribution in [0.25, 0.3) is 0 Å². The number of hydrogen-bond acceptors (Lipinski definition) is 1. The topological polar surface area (TPSA) is 17.1 Å². The van der Waals surface area contributed by atoms with Gasteiger partial charge in [0, 0.05) is 12.0 Å². The Morgan fingerprint density at radius 1 is 0.862 bits per heavy atom. The van der Waals surface area contributed by atoms with E-state index in [2.05, 4.69) is 6.92 Å². The number of ketones is 1. The summed E-state index contributed by atoms with van der Waals surface area (Å²) in [5.74, 6) is -0.994. The molecule has 0 N–H and O–H groups in total. The molecule has 3 rings (SSSR count). The molecule has 1 nitrogen and oxygen atoms in total.